The molecule has 0 aliphatic rings. The van der Waals surface area contributed by atoms with Gasteiger partial charge in [0.1, 0.15) is 23.2 Å². The smallest absolute Gasteiger partial charge is 0.416 e. The highest BCUT2D eigenvalue weighted by Crippen LogP contribution is 2.36. The van der Waals surface area contributed by atoms with E-state index in [0.29, 0.717) is 17.2 Å². The average Bonchev–Trinajstić information content (AvgIpc) is 2.75. The topological polar surface area (TPSA) is 103 Å². The number of nitrogens with two attached hydrogens (primary N) is 2. The molecule has 3 aromatic rings. The van der Waals surface area contributed by atoms with Gasteiger partial charge in [0.2, 0.25) is 0 Å². The molecule has 6 nitrogen and oxygen atoms in total. The number of alkyl halides is 3. The molecule has 172 valence electrons. The maximum Gasteiger partial charge on any atom is 0.416 e. The molecule has 0 fully saturated rings. The van der Waals surface area contributed by atoms with Gasteiger partial charge in [-0.15, -0.1) is 0 Å². The molecule has 3 rings (SSSR count). The molecular weight excluding hydrogens is 464 g/mol. The van der Waals surface area contributed by atoms with Crippen molar-refractivity contribution in [3.8, 4) is 11.5 Å². The molecule has 0 atom stereocenters. The van der Waals surface area contributed by atoms with Crippen LogP contribution in [-0.4, -0.2) is 11.7 Å². The highest BCUT2D eigenvalue weighted by Gasteiger charge is 2.32. The van der Waals surface area contributed by atoms with Crippen LogP contribution in [0.2, 0.25) is 5.02 Å². The molecule has 0 unspecified atom stereocenters. The summed E-state index contributed by atoms with van der Waals surface area (Å²) in [5.74, 6) is 3.49. The van der Waals surface area contributed by atoms with E-state index in [9.17, 15) is 22.4 Å². The molecule has 3 aromatic carbocycles. The first-order valence-electron chi connectivity index (χ1n) is 9.29. The number of amidine groups is 1. The van der Waals surface area contributed by atoms with Crippen molar-refractivity contribution in [1.29, 1.82) is 0 Å². The fraction of sp³-hybridized carbons (Fsp3) is 0.0909. The molecule has 0 aromatic heterocycles. The van der Waals surface area contributed by atoms with Gasteiger partial charge in [-0.1, -0.05) is 11.6 Å². The van der Waals surface area contributed by atoms with E-state index < -0.39 is 23.5 Å². The van der Waals surface area contributed by atoms with Gasteiger partial charge in [0, 0.05) is 5.56 Å². The molecule has 0 heterocycles. The molecule has 0 bridgehead atoms. The van der Waals surface area contributed by atoms with Crippen LogP contribution in [-0.2, 0) is 6.18 Å². The second-order valence-corrected chi connectivity index (χ2v) is 7.29. The number of hydrogen-bond donors (Lipinski definition) is 3. The van der Waals surface area contributed by atoms with Crippen LogP contribution in [0, 0.1) is 12.7 Å². The van der Waals surface area contributed by atoms with Gasteiger partial charge in [0.15, 0.2) is 0 Å². The first kappa shape index (κ1) is 23.9. The van der Waals surface area contributed by atoms with Gasteiger partial charge >= 0.3 is 6.18 Å². The number of rotatable bonds is 5. The Hall–Kier alpha value is -3.79. The molecule has 0 aliphatic heterocycles. The van der Waals surface area contributed by atoms with Gasteiger partial charge < -0.3 is 21.6 Å². The number of nitrogens with one attached hydrogen (secondary N) is 1. The summed E-state index contributed by atoms with van der Waals surface area (Å²) >= 11 is 6.12. The lowest BCUT2D eigenvalue weighted by molar-refractivity contribution is -0.137. The molecule has 33 heavy (non-hydrogen) atoms. The number of amides is 1. The lowest BCUT2D eigenvalue weighted by atomic mass is 10.1. The molecule has 11 heteroatoms. The Morgan fingerprint density at radius 2 is 1.79 bits per heavy atom. The average molecular weight is 481 g/mol. The zero-order chi connectivity index (χ0) is 24.3. The van der Waals surface area contributed by atoms with Crippen molar-refractivity contribution in [2.75, 3.05) is 5.32 Å². The fourth-order valence-electron chi connectivity index (χ4n) is 2.86. The van der Waals surface area contributed by atoms with Crippen LogP contribution in [0.5, 0.6) is 11.5 Å². The minimum atomic E-state index is -4.68. The van der Waals surface area contributed by atoms with E-state index in [1.807, 2.05) is 0 Å². The number of hydrogen-bond acceptors (Lipinski definition) is 4. The van der Waals surface area contributed by atoms with Crippen molar-refractivity contribution in [3.05, 3.63) is 87.7 Å². The van der Waals surface area contributed by atoms with Crippen molar-refractivity contribution in [2.45, 2.75) is 13.1 Å². The highest BCUT2D eigenvalue weighted by atomic mass is 35.5. The lowest BCUT2D eigenvalue weighted by Crippen LogP contribution is -2.17. The van der Waals surface area contributed by atoms with Crippen LogP contribution in [0.15, 0.2) is 59.7 Å². The van der Waals surface area contributed by atoms with Gasteiger partial charge in [-0.25, -0.2) is 4.39 Å². The first-order valence-corrected chi connectivity index (χ1v) is 9.67. The summed E-state index contributed by atoms with van der Waals surface area (Å²) < 4.78 is 58.8. The summed E-state index contributed by atoms with van der Waals surface area (Å²) in [6.45, 7) is 1.51. The summed E-state index contributed by atoms with van der Waals surface area (Å²) in [7, 11) is 0. The fourth-order valence-corrected chi connectivity index (χ4v) is 3.03. The zero-order valence-corrected chi connectivity index (χ0v) is 17.8. The van der Waals surface area contributed by atoms with Gasteiger partial charge in [0.05, 0.1) is 21.8 Å². The molecule has 0 saturated carbocycles. The van der Waals surface area contributed by atoms with Crippen LogP contribution in [0.3, 0.4) is 0 Å². The van der Waals surface area contributed by atoms with Crippen LogP contribution >= 0.6 is 11.6 Å². The number of ether oxygens (including phenoxy) is 1. The Morgan fingerprint density at radius 3 is 2.42 bits per heavy atom. The number of hydrazone groups is 1. The molecule has 0 aliphatic carbocycles. The SMILES string of the molecule is Cc1cc(F)ccc1Oc1cc(C(F)(F)F)ccc1C(=O)Nc1cc(C(N)=NN)ccc1Cl. The molecular formula is C22H17ClF4N4O2. The van der Waals surface area contributed by atoms with E-state index in [-0.39, 0.29) is 33.6 Å². The Labute approximate surface area is 190 Å². The Balaban J connectivity index is 2.02. The third-order valence-electron chi connectivity index (χ3n) is 4.56. The highest BCUT2D eigenvalue weighted by molar-refractivity contribution is 6.34. The first-order chi connectivity index (χ1) is 15.5. The van der Waals surface area contributed by atoms with E-state index in [0.717, 1.165) is 24.3 Å². The van der Waals surface area contributed by atoms with Crippen molar-refractivity contribution in [3.63, 3.8) is 0 Å². The summed E-state index contributed by atoms with van der Waals surface area (Å²) in [6.07, 6.45) is -4.68. The van der Waals surface area contributed by atoms with Crippen molar-refractivity contribution in [1.82, 2.24) is 0 Å². The van der Waals surface area contributed by atoms with Gasteiger partial charge in [-0.05, 0) is 67.1 Å². The number of aryl methyl sites for hydroxylation is 1. The normalized spacial score (nSPS) is 11.9. The van der Waals surface area contributed by atoms with Crippen molar-refractivity contribution in [2.24, 2.45) is 16.7 Å². The molecule has 0 saturated heterocycles. The number of carbonyl (C=O) groups is 1. The zero-order valence-electron chi connectivity index (χ0n) is 17.0. The van der Waals surface area contributed by atoms with Gasteiger partial charge in [-0.2, -0.15) is 18.3 Å². The van der Waals surface area contributed by atoms with E-state index in [1.165, 1.54) is 31.2 Å². The third kappa shape index (κ3) is 5.53. The maximum atomic E-state index is 13.4. The third-order valence-corrected chi connectivity index (χ3v) is 4.89. The minimum absolute atomic E-state index is 0.0208. The number of nitrogens with zero attached hydrogens (tertiary/aromatic N) is 1. The molecule has 5 N–H and O–H groups in total. The van der Waals surface area contributed by atoms with Crippen LogP contribution < -0.4 is 21.6 Å². The number of benzene rings is 3. The maximum absolute atomic E-state index is 13.4. The standard InChI is InChI=1S/C22H17ClF4N4O2/c1-11-8-14(24)4-7-18(11)33-19-10-13(22(25,26)27)3-5-15(19)21(32)30-17-9-12(20(28)31-29)2-6-16(17)23/h2-10H,29H2,1H3,(H2,28,31)(H,30,32). The molecule has 0 spiro atoms. The summed E-state index contributed by atoms with van der Waals surface area (Å²) in [5.41, 5.74) is 5.23. The monoisotopic (exact) mass is 480 g/mol. The van der Waals surface area contributed by atoms with Gasteiger partial charge in [0.25, 0.3) is 5.91 Å². The van der Waals surface area contributed by atoms with E-state index in [1.54, 1.807) is 0 Å². The Morgan fingerprint density at radius 1 is 1.06 bits per heavy atom. The molecule has 0 radical (unpaired) electrons. The van der Waals surface area contributed by atoms with Crippen molar-refractivity contribution < 1.29 is 27.1 Å². The summed E-state index contributed by atoms with van der Waals surface area (Å²) in [6, 6.07) is 10.3. The van der Waals surface area contributed by atoms with Crippen LogP contribution in [0.4, 0.5) is 23.2 Å². The second kappa shape index (κ2) is 9.37. The lowest BCUT2D eigenvalue weighted by Gasteiger charge is -2.16. The van der Waals surface area contributed by atoms with Crippen LogP contribution in [0.1, 0.15) is 27.0 Å². The largest absolute Gasteiger partial charge is 0.456 e. The predicted octanol–water partition coefficient (Wildman–Crippen LogP) is 5.43. The molecule has 1 amide bonds. The Kier molecular flexibility index (Phi) is 6.78. The summed E-state index contributed by atoms with van der Waals surface area (Å²) in [5, 5.41) is 6.01. The number of anilines is 1. The van der Waals surface area contributed by atoms with Crippen molar-refractivity contribution >= 4 is 29.0 Å². The van der Waals surface area contributed by atoms with E-state index in [2.05, 4.69) is 10.4 Å². The second-order valence-electron chi connectivity index (χ2n) is 6.88. The van der Waals surface area contributed by atoms with Crippen LogP contribution in [0.25, 0.3) is 0 Å². The predicted molar refractivity (Wildman–Crippen MR) is 117 cm³/mol. The van der Waals surface area contributed by atoms with Gasteiger partial charge in [-0.3, -0.25) is 4.79 Å². The van der Waals surface area contributed by atoms with E-state index >= 15 is 0 Å². The minimum Gasteiger partial charge on any atom is -0.456 e. The number of carbonyl (C=O) groups excluding carboxylic acids is 1. The van der Waals surface area contributed by atoms with E-state index in [4.69, 9.17) is 27.9 Å². The summed E-state index contributed by atoms with van der Waals surface area (Å²) in [4.78, 5) is 13.0. The quantitative estimate of drug-likeness (QED) is 0.149. The number of halogens is 5. The Bertz CT molecular complexity index is 1250.